The molecule has 1 unspecified atom stereocenters. The van der Waals surface area contributed by atoms with Crippen molar-refractivity contribution in [1.29, 1.82) is 0 Å². The van der Waals surface area contributed by atoms with Crippen molar-refractivity contribution in [1.82, 2.24) is 0 Å². The van der Waals surface area contributed by atoms with Gasteiger partial charge < -0.3 is 19.9 Å². The van der Waals surface area contributed by atoms with E-state index in [1.165, 1.54) is 20.3 Å². The number of nitrogens with one attached hydrogen (secondary N) is 1. The number of carboxylic acid groups (broad SMARTS) is 1. The van der Waals surface area contributed by atoms with Gasteiger partial charge in [0.25, 0.3) is 0 Å². The maximum absolute atomic E-state index is 11.0. The first kappa shape index (κ1) is 15.6. The summed E-state index contributed by atoms with van der Waals surface area (Å²) in [6, 6.07) is 7.32. The van der Waals surface area contributed by atoms with E-state index < -0.39 is 11.6 Å². The quantitative estimate of drug-likeness (QED) is 0.844. The van der Waals surface area contributed by atoms with Gasteiger partial charge in [-0.05, 0) is 57.4 Å². The van der Waals surface area contributed by atoms with E-state index in [1.54, 1.807) is 12.1 Å². The standard InChI is InChI=1S/C16H23NO4/c1-16(2,15(18)19)21-13-8-6-12(7-9-13)17-11-14-5-3-4-10-20-14/h6-9,14,17H,3-5,10-11H2,1-2H3,(H,18,19). The Hall–Kier alpha value is -1.75. The van der Waals surface area contributed by atoms with Crippen molar-refractivity contribution < 1.29 is 19.4 Å². The summed E-state index contributed by atoms with van der Waals surface area (Å²) in [6.45, 7) is 4.70. The van der Waals surface area contributed by atoms with Gasteiger partial charge in [0.05, 0.1) is 6.10 Å². The molecule has 5 heteroatoms. The molecule has 0 amide bonds. The molecular weight excluding hydrogens is 270 g/mol. The zero-order valence-corrected chi connectivity index (χ0v) is 12.6. The first-order chi connectivity index (χ1) is 9.97. The summed E-state index contributed by atoms with van der Waals surface area (Å²) in [5, 5.41) is 12.4. The Balaban J connectivity index is 1.85. The van der Waals surface area contributed by atoms with Gasteiger partial charge in [0.1, 0.15) is 5.75 Å². The van der Waals surface area contributed by atoms with E-state index in [0.29, 0.717) is 5.75 Å². The monoisotopic (exact) mass is 293 g/mol. The van der Waals surface area contributed by atoms with Crippen LogP contribution in [0.5, 0.6) is 5.75 Å². The second-order valence-electron chi connectivity index (χ2n) is 5.81. The van der Waals surface area contributed by atoms with Gasteiger partial charge in [-0.25, -0.2) is 4.79 Å². The highest BCUT2D eigenvalue weighted by Gasteiger charge is 2.29. The van der Waals surface area contributed by atoms with Gasteiger partial charge in [-0.1, -0.05) is 0 Å². The summed E-state index contributed by atoms with van der Waals surface area (Å²) in [5.41, 5.74) is -0.255. The third kappa shape index (κ3) is 4.63. The Morgan fingerprint density at radius 3 is 2.67 bits per heavy atom. The van der Waals surface area contributed by atoms with Crippen LogP contribution in [0.1, 0.15) is 33.1 Å². The van der Waals surface area contributed by atoms with E-state index in [-0.39, 0.29) is 6.10 Å². The van der Waals surface area contributed by atoms with Crippen LogP contribution in [0.15, 0.2) is 24.3 Å². The first-order valence-corrected chi connectivity index (χ1v) is 7.35. The summed E-state index contributed by atoms with van der Waals surface area (Å²) in [4.78, 5) is 11.0. The van der Waals surface area contributed by atoms with Crippen LogP contribution in [0.2, 0.25) is 0 Å². The predicted molar refractivity (Wildman–Crippen MR) is 80.9 cm³/mol. The van der Waals surface area contributed by atoms with Gasteiger partial charge in [-0.15, -0.1) is 0 Å². The lowest BCUT2D eigenvalue weighted by Gasteiger charge is -2.23. The van der Waals surface area contributed by atoms with Gasteiger partial charge >= 0.3 is 5.97 Å². The molecule has 0 spiro atoms. The lowest BCUT2D eigenvalue weighted by Crippen LogP contribution is -2.37. The number of aliphatic carboxylic acids is 1. The average Bonchev–Trinajstić information content (AvgIpc) is 2.47. The lowest BCUT2D eigenvalue weighted by atomic mass is 10.1. The minimum atomic E-state index is -1.23. The zero-order valence-electron chi connectivity index (χ0n) is 12.6. The molecule has 1 atom stereocenters. The minimum absolute atomic E-state index is 0.278. The van der Waals surface area contributed by atoms with E-state index in [9.17, 15) is 4.79 Å². The molecule has 1 aromatic carbocycles. The summed E-state index contributed by atoms with van der Waals surface area (Å²) in [5.74, 6) is -0.444. The largest absolute Gasteiger partial charge is 0.478 e. The van der Waals surface area contributed by atoms with Crippen molar-refractivity contribution in [3.05, 3.63) is 24.3 Å². The molecule has 0 radical (unpaired) electrons. The number of carbonyl (C=O) groups is 1. The van der Waals surface area contributed by atoms with Crippen LogP contribution in [-0.4, -0.2) is 35.9 Å². The highest BCUT2D eigenvalue weighted by Crippen LogP contribution is 2.21. The van der Waals surface area contributed by atoms with Crippen LogP contribution >= 0.6 is 0 Å². The molecule has 0 aliphatic carbocycles. The highest BCUT2D eigenvalue weighted by molar-refractivity contribution is 5.76. The van der Waals surface area contributed by atoms with Crippen LogP contribution < -0.4 is 10.1 Å². The minimum Gasteiger partial charge on any atom is -0.478 e. The van der Waals surface area contributed by atoms with Gasteiger partial charge in [0.2, 0.25) is 0 Å². The maximum Gasteiger partial charge on any atom is 0.347 e. The number of rotatable bonds is 6. The maximum atomic E-state index is 11.0. The third-order valence-corrected chi connectivity index (χ3v) is 3.55. The second kappa shape index (κ2) is 6.80. The molecule has 0 saturated carbocycles. The SMILES string of the molecule is CC(C)(Oc1ccc(NCC2CCCCO2)cc1)C(=O)O. The number of ether oxygens (including phenoxy) is 2. The smallest absolute Gasteiger partial charge is 0.347 e. The molecule has 21 heavy (non-hydrogen) atoms. The summed E-state index contributed by atoms with van der Waals surface area (Å²) in [7, 11) is 0. The Morgan fingerprint density at radius 1 is 1.38 bits per heavy atom. The zero-order chi connectivity index (χ0) is 15.3. The highest BCUT2D eigenvalue weighted by atomic mass is 16.5. The number of hydrogen-bond acceptors (Lipinski definition) is 4. The molecule has 1 aromatic rings. The first-order valence-electron chi connectivity index (χ1n) is 7.35. The molecule has 2 N–H and O–H groups in total. The van der Waals surface area contributed by atoms with E-state index in [1.807, 2.05) is 12.1 Å². The van der Waals surface area contributed by atoms with E-state index in [2.05, 4.69) is 5.32 Å². The van der Waals surface area contributed by atoms with Crippen LogP contribution in [0.25, 0.3) is 0 Å². The van der Waals surface area contributed by atoms with Crippen LogP contribution in [-0.2, 0) is 9.53 Å². The average molecular weight is 293 g/mol. The van der Waals surface area contributed by atoms with Crippen LogP contribution in [0, 0.1) is 0 Å². The summed E-state index contributed by atoms with van der Waals surface area (Å²) < 4.78 is 11.1. The van der Waals surface area contributed by atoms with Crippen molar-refractivity contribution in [3.63, 3.8) is 0 Å². The molecule has 116 valence electrons. The fraction of sp³-hybridized carbons (Fsp3) is 0.562. The van der Waals surface area contributed by atoms with E-state index in [0.717, 1.165) is 31.7 Å². The van der Waals surface area contributed by atoms with Gasteiger partial charge in [-0.2, -0.15) is 0 Å². The van der Waals surface area contributed by atoms with Gasteiger partial charge in [0, 0.05) is 18.8 Å². The lowest BCUT2D eigenvalue weighted by molar-refractivity contribution is -0.152. The van der Waals surface area contributed by atoms with Crippen LogP contribution in [0.3, 0.4) is 0 Å². The van der Waals surface area contributed by atoms with E-state index >= 15 is 0 Å². The number of carboxylic acids is 1. The number of hydrogen-bond donors (Lipinski definition) is 2. The summed E-state index contributed by atoms with van der Waals surface area (Å²) >= 11 is 0. The number of benzene rings is 1. The fourth-order valence-electron chi connectivity index (χ4n) is 2.18. The van der Waals surface area contributed by atoms with Gasteiger partial charge in [-0.3, -0.25) is 0 Å². The number of anilines is 1. The topological polar surface area (TPSA) is 67.8 Å². The molecule has 2 rings (SSSR count). The van der Waals surface area contributed by atoms with Gasteiger partial charge in [0.15, 0.2) is 5.60 Å². The Bertz CT molecular complexity index is 464. The van der Waals surface area contributed by atoms with Crippen molar-refractivity contribution in [2.45, 2.75) is 44.8 Å². The second-order valence-corrected chi connectivity index (χ2v) is 5.81. The third-order valence-electron chi connectivity index (χ3n) is 3.55. The van der Waals surface area contributed by atoms with Crippen molar-refractivity contribution in [3.8, 4) is 5.75 Å². The van der Waals surface area contributed by atoms with E-state index in [4.69, 9.17) is 14.6 Å². The van der Waals surface area contributed by atoms with Crippen LogP contribution in [0.4, 0.5) is 5.69 Å². The molecule has 0 bridgehead atoms. The molecular formula is C16H23NO4. The molecule has 1 saturated heterocycles. The molecule has 1 aliphatic heterocycles. The predicted octanol–water partition coefficient (Wildman–Crippen LogP) is 2.91. The molecule has 1 heterocycles. The molecule has 0 aromatic heterocycles. The van der Waals surface area contributed by atoms with Crippen molar-refractivity contribution >= 4 is 11.7 Å². The fourth-order valence-corrected chi connectivity index (χ4v) is 2.18. The van der Waals surface area contributed by atoms with Crippen molar-refractivity contribution in [2.75, 3.05) is 18.5 Å². The normalized spacial score (nSPS) is 19.0. The molecule has 1 aliphatic rings. The van der Waals surface area contributed by atoms with Crippen molar-refractivity contribution in [2.24, 2.45) is 0 Å². The summed E-state index contributed by atoms with van der Waals surface area (Å²) in [6.07, 6.45) is 3.76. The molecule has 1 fully saturated rings. The Morgan fingerprint density at radius 2 is 2.10 bits per heavy atom. The Labute approximate surface area is 125 Å². The Kier molecular flexibility index (Phi) is 5.07. The molecule has 5 nitrogen and oxygen atoms in total.